The molecule has 1 rings (SSSR count). The highest BCUT2D eigenvalue weighted by molar-refractivity contribution is 6.01. The third kappa shape index (κ3) is 2.22. The molecule has 0 aromatic heterocycles. The van der Waals surface area contributed by atoms with Gasteiger partial charge in [-0.25, -0.2) is 0 Å². The zero-order chi connectivity index (χ0) is 12.1. The van der Waals surface area contributed by atoms with Crippen LogP contribution in [0.1, 0.15) is 20.7 Å². The van der Waals surface area contributed by atoms with Gasteiger partial charge >= 0.3 is 0 Å². The monoisotopic (exact) mass is 221 g/mol. The van der Waals surface area contributed by atoms with Gasteiger partial charge in [0.15, 0.2) is 0 Å². The average Bonchev–Trinajstić information content (AvgIpc) is 2.35. The van der Waals surface area contributed by atoms with E-state index in [9.17, 15) is 14.5 Å². The second-order valence-electron chi connectivity index (χ2n) is 2.98. The zero-order valence-electron chi connectivity index (χ0n) is 8.90. The molecule has 0 atom stereocenters. The second-order valence-corrected chi connectivity index (χ2v) is 2.98. The first-order valence-corrected chi connectivity index (χ1v) is 4.55. The second kappa shape index (κ2) is 5.01. The summed E-state index contributed by atoms with van der Waals surface area (Å²) in [4.78, 5) is 33.2. The van der Waals surface area contributed by atoms with Crippen LogP contribution in [0.3, 0.4) is 0 Å². The number of amides is 2. The van der Waals surface area contributed by atoms with E-state index in [4.69, 9.17) is 0 Å². The van der Waals surface area contributed by atoms with Gasteiger partial charge in [-0.3, -0.25) is 9.59 Å². The largest absolute Gasteiger partial charge is 0.355 e. The van der Waals surface area contributed by atoms with E-state index in [1.165, 1.54) is 32.3 Å². The Morgan fingerprint density at radius 2 is 1.75 bits per heavy atom. The Hall–Kier alpha value is -2.24. The molecule has 16 heavy (non-hydrogen) atoms. The van der Waals surface area contributed by atoms with Crippen molar-refractivity contribution >= 4 is 17.5 Å². The van der Waals surface area contributed by atoms with Crippen LogP contribution in [0.4, 0.5) is 5.69 Å². The first-order valence-electron chi connectivity index (χ1n) is 4.55. The normalized spacial score (nSPS) is 9.38. The van der Waals surface area contributed by atoms with E-state index in [2.05, 4.69) is 15.8 Å². The van der Waals surface area contributed by atoms with Gasteiger partial charge in [0, 0.05) is 19.7 Å². The standard InChI is InChI=1S/C10H11N3O3/c1-11-9(14)6-3-4-7(10(15)12-2)8(5-6)13-16/h3-5H,1-2H3,(H,11,14)(H,12,15). The Balaban J connectivity index is 3.21. The quantitative estimate of drug-likeness (QED) is 0.740. The van der Waals surface area contributed by atoms with Crippen molar-refractivity contribution < 1.29 is 9.59 Å². The van der Waals surface area contributed by atoms with Gasteiger partial charge < -0.3 is 10.6 Å². The van der Waals surface area contributed by atoms with Gasteiger partial charge in [0.05, 0.1) is 5.56 Å². The van der Waals surface area contributed by atoms with Crippen molar-refractivity contribution in [1.29, 1.82) is 0 Å². The van der Waals surface area contributed by atoms with Crippen molar-refractivity contribution in [2.45, 2.75) is 0 Å². The Morgan fingerprint density at radius 1 is 1.12 bits per heavy atom. The number of carbonyl (C=O) groups excluding carboxylic acids is 2. The van der Waals surface area contributed by atoms with E-state index < -0.39 is 5.91 Å². The minimum Gasteiger partial charge on any atom is -0.355 e. The minimum atomic E-state index is -0.418. The van der Waals surface area contributed by atoms with Crippen molar-refractivity contribution in [1.82, 2.24) is 10.6 Å². The summed E-state index contributed by atoms with van der Waals surface area (Å²) in [7, 11) is 2.92. The summed E-state index contributed by atoms with van der Waals surface area (Å²) in [5.41, 5.74) is 0.371. The van der Waals surface area contributed by atoms with Crippen molar-refractivity contribution in [2.24, 2.45) is 5.18 Å². The number of nitrogens with zero attached hydrogens (tertiary/aromatic N) is 1. The lowest BCUT2D eigenvalue weighted by molar-refractivity contribution is 0.0952. The topological polar surface area (TPSA) is 87.6 Å². The fourth-order valence-electron chi connectivity index (χ4n) is 1.22. The molecule has 0 aliphatic heterocycles. The highest BCUT2D eigenvalue weighted by Crippen LogP contribution is 2.20. The Morgan fingerprint density at radius 3 is 2.25 bits per heavy atom. The predicted octanol–water partition coefficient (Wildman–Crippen LogP) is 0.804. The number of benzene rings is 1. The summed E-state index contributed by atoms with van der Waals surface area (Å²) >= 11 is 0. The summed E-state index contributed by atoms with van der Waals surface area (Å²) < 4.78 is 0. The molecule has 0 saturated heterocycles. The molecule has 6 heteroatoms. The van der Waals surface area contributed by atoms with E-state index in [1.807, 2.05) is 0 Å². The molecular formula is C10H11N3O3. The number of nitrogens with one attached hydrogen (secondary N) is 2. The average molecular weight is 221 g/mol. The molecule has 0 radical (unpaired) electrons. The molecule has 0 saturated carbocycles. The Kier molecular flexibility index (Phi) is 3.71. The smallest absolute Gasteiger partial charge is 0.253 e. The molecule has 2 N–H and O–H groups in total. The van der Waals surface area contributed by atoms with Crippen LogP contribution < -0.4 is 10.6 Å². The molecule has 0 aliphatic rings. The van der Waals surface area contributed by atoms with Crippen molar-refractivity contribution in [2.75, 3.05) is 14.1 Å². The van der Waals surface area contributed by atoms with E-state index in [0.717, 1.165) is 0 Å². The third-order valence-electron chi connectivity index (χ3n) is 2.06. The molecule has 0 fully saturated rings. The molecular weight excluding hydrogens is 210 g/mol. The first kappa shape index (κ1) is 11.8. The molecule has 0 spiro atoms. The SMILES string of the molecule is CNC(=O)c1ccc(C(=O)NC)c(N=O)c1. The number of nitroso groups, excluding NO2 is 1. The van der Waals surface area contributed by atoms with E-state index >= 15 is 0 Å². The van der Waals surface area contributed by atoms with Crippen LogP contribution in [0.25, 0.3) is 0 Å². The van der Waals surface area contributed by atoms with Gasteiger partial charge in [0.25, 0.3) is 11.8 Å². The van der Waals surface area contributed by atoms with Crippen LogP contribution >= 0.6 is 0 Å². The van der Waals surface area contributed by atoms with Crippen LogP contribution in [0.15, 0.2) is 23.4 Å². The van der Waals surface area contributed by atoms with Gasteiger partial charge in [-0.2, -0.15) is 0 Å². The molecule has 0 unspecified atom stereocenters. The first-order chi connectivity index (χ1) is 7.63. The van der Waals surface area contributed by atoms with Gasteiger partial charge in [-0.1, -0.05) is 0 Å². The maximum atomic E-state index is 11.3. The van der Waals surface area contributed by atoms with Crippen LogP contribution in [0.5, 0.6) is 0 Å². The van der Waals surface area contributed by atoms with Gasteiger partial charge in [-0.05, 0) is 23.4 Å². The van der Waals surface area contributed by atoms with Crippen LogP contribution in [-0.2, 0) is 0 Å². The van der Waals surface area contributed by atoms with Crippen molar-refractivity contribution in [3.63, 3.8) is 0 Å². The summed E-state index contributed by atoms with van der Waals surface area (Å²) in [6.45, 7) is 0. The summed E-state index contributed by atoms with van der Waals surface area (Å²) in [5, 5.41) is 7.52. The number of hydrogen-bond donors (Lipinski definition) is 2. The molecule has 1 aromatic rings. The highest BCUT2D eigenvalue weighted by atomic mass is 16.3. The van der Waals surface area contributed by atoms with E-state index in [1.54, 1.807) is 0 Å². The predicted molar refractivity (Wildman–Crippen MR) is 58.7 cm³/mol. The lowest BCUT2D eigenvalue weighted by Gasteiger charge is -2.04. The molecule has 0 aliphatic carbocycles. The summed E-state index contributed by atoms with van der Waals surface area (Å²) in [6.07, 6.45) is 0. The van der Waals surface area contributed by atoms with Crippen LogP contribution in [-0.4, -0.2) is 25.9 Å². The van der Waals surface area contributed by atoms with E-state index in [0.29, 0.717) is 0 Å². The number of carbonyl (C=O) groups is 2. The third-order valence-corrected chi connectivity index (χ3v) is 2.06. The molecule has 2 amide bonds. The molecule has 1 aromatic carbocycles. The Labute approximate surface area is 92.0 Å². The van der Waals surface area contributed by atoms with Crippen LogP contribution in [0, 0.1) is 4.91 Å². The maximum absolute atomic E-state index is 11.3. The zero-order valence-corrected chi connectivity index (χ0v) is 8.90. The van der Waals surface area contributed by atoms with Crippen molar-refractivity contribution in [3.8, 4) is 0 Å². The summed E-state index contributed by atoms with van der Waals surface area (Å²) in [6, 6.07) is 4.12. The van der Waals surface area contributed by atoms with Gasteiger partial charge in [0.2, 0.25) is 0 Å². The maximum Gasteiger partial charge on any atom is 0.253 e. The lowest BCUT2D eigenvalue weighted by Crippen LogP contribution is -2.20. The molecule has 0 bridgehead atoms. The van der Waals surface area contributed by atoms with Crippen LogP contribution in [0.2, 0.25) is 0 Å². The Bertz CT molecular complexity index is 443. The minimum absolute atomic E-state index is 0.0551. The molecule has 0 heterocycles. The highest BCUT2D eigenvalue weighted by Gasteiger charge is 2.13. The van der Waals surface area contributed by atoms with Gasteiger partial charge in [0.1, 0.15) is 5.69 Å². The number of rotatable bonds is 3. The molecule has 6 nitrogen and oxygen atoms in total. The number of hydrogen-bond acceptors (Lipinski definition) is 4. The van der Waals surface area contributed by atoms with E-state index in [-0.39, 0.29) is 22.7 Å². The van der Waals surface area contributed by atoms with Crippen molar-refractivity contribution in [3.05, 3.63) is 34.2 Å². The van der Waals surface area contributed by atoms with Gasteiger partial charge in [-0.15, -0.1) is 4.91 Å². The fourth-order valence-corrected chi connectivity index (χ4v) is 1.22. The fraction of sp³-hybridized carbons (Fsp3) is 0.200. The summed E-state index contributed by atoms with van der Waals surface area (Å²) in [5.74, 6) is -0.758. The molecule has 84 valence electrons. The lowest BCUT2D eigenvalue weighted by atomic mass is 10.1.